The zero-order chi connectivity index (χ0) is 13.7. The van der Waals surface area contributed by atoms with Crippen LogP contribution < -0.4 is 0 Å². The average molecular weight is 361 g/mol. The first-order valence-electron chi connectivity index (χ1n) is 7.92. The van der Waals surface area contributed by atoms with Gasteiger partial charge in [-0.15, -0.1) is 0 Å². The molecule has 0 aliphatic rings. The fraction of sp³-hybridized carbons (Fsp3) is 0.875. The zero-order valence-electron chi connectivity index (χ0n) is 13.1. The fourth-order valence-electron chi connectivity index (χ4n) is 2.73. The maximum atomic E-state index is 5.10. The normalized spacial score (nSPS) is 12.2. The van der Waals surface area contributed by atoms with Gasteiger partial charge in [0, 0.05) is 0 Å². The summed E-state index contributed by atoms with van der Waals surface area (Å²) in [5.41, 5.74) is 0. The van der Waals surface area contributed by atoms with Crippen molar-refractivity contribution in [1.82, 2.24) is 0 Å². The van der Waals surface area contributed by atoms with Crippen LogP contribution in [0.2, 0.25) is 17.7 Å². The molecule has 0 rings (SSSR count). The van der Waals surface area contributed by atoms with E-state index in [4.69, 9.17) is 4.74 Å². The molecule has 0 aromatic carbocycles. The van der Waals surface area contributed by atoms with Crippen LogP contribution in [-0.4, -0.2) is 25.5 Å². The molecule has 0 aliphatic heterocycles. The number of allylic oxidation sites excluding steroid dienone is 1. The van der Waals surface area contributed by atoms with Crippen molar-refractivity contribution in [2.75, 3.05) is 7.11 Å². The Labute approximate surface area is 119 Å². The van der Waals surface area contributed by atoms with Crippen LogP contribution in [0.15, 0.2) is 12.3 Å². The Balaban J connectivity index is 4.56. The predicted octanol–water partition coefficient (Wildman–Crippen LogP) is 6.00. The second-order valence-corrected chi connectivity index (χ2v) is 19.6. The standard InChI is InChI=1S/C4H7O.3C4H9.Sn/c1-3-4-5-2;3*1-3-4-2;/h3-4H,1H2,2H3;3*1,3-4H2,2H3;. The van der Waals surface area contributed by atoms with E-state index in [0.717, 1.165) is 0 Å². The minimum absolute atomic E-state index is 1.37. The van der Waals surface area contributed by atoms with Gasteiger partial charge in [-0.05, 0) is 0 Å². The van der Waals surface area contributed by atoms with Gasteiger partial charge in [0.1, 0.15) is 0 Å². The molecule has 0 spiro atoms. The quantitative estimate of drug-likeness (QED) is 0.306. The Morgan fingerprint density at radius 2 is 1.28 bits per heavy atom. The van der Waals surface area contributed by atoms with Gasteiger partial charge in [0.15, 0.2) is 0 Å². The van der Waals surface area contributed by atoms with E-state index >= 15 is 0 Å². The Morgan fingerprint density at radius 3 is 1.61 bits per heavy atom. The van der Waals surface area contributed by atoms with Gasteiger partial charge >= 0.3 is 120 Å². The molecule has 0 atom stereocenters. The van der Waals surface area contributed by atoms with Gasteiger partial charge < -0.3 is 0 Å². The van der Waals surface area contributed by atoms with Crippen molar-refractivity contribution in [2.24, 2.45) is 0 Å². The summed E-state index contributed by atoms with van der Waals surface area (Å²) in [5, 5.41) is 0. The Bertz CT molecular complexity index is 179. The molecule has 2 heteroatoms. The van der Waals surface area contributed by atoms with Crippen LogP contribution in [0.25, 0.3) is 0 Å². The number of rotatable bonds is 12. The van der Waals surface area contributed by atoms with Crippen LogP contribution in [0.3, 0.4) is 0 Å². The summed E-state index contributed by atoms with van der Waals surface area (Å²) in [7, 11) is 1.76. The summed E-state index contributed by atoms with van der Waals surface area (Å²) in [6.07, 6.45) is 12.7. The maximum absolute atomic E-state index is 5.10. The summed E-state index contributed by atoms with van der Waals surface area (Å²) in [6, 6.07) is 0. The van der Waals surface area contributed by atoms with Crippen molar-refractivity contribution in [3.8, 4) is 0 Å². The van der Waals surface area contributed by atoms with Gasteiger partial charge in [-0.25, -0.2) is 0 Å². The second-order valence-electron chi connectivity index (χ2n) is 5.62. The van der Waals surface area contributed by atoms with E-state index in [1.54, 1.807) is 20.4 Å². The van der Waals surface area contributed by atoms with Gasteiger partial charge in [0.05, 0.1) is 0 Å². The summed E-state index contributed by atoms with van der Waals surface area (Å²) in [4.78, 5) is 0. The van der Waals surface area contributed by atoms with Crippen molar-refractivity contribution in [2.45, 2.75) is 77.0 Å². The summed E-state index contributed by atoms with van der Waals surface area (Å²) in [5.74, 6) is 0. The summed E-state index contributed by atoms with van der Waals surface area (Å²) < 4.78 is 11.3. The van der Waals surface area contributed by atoms with Crippen molar-refractivity contribution in [3.63, 3.8) is 0 Å². The van der Waals surface area contributed by atoms with Crippen LogP contribution in [0.4, 0.5) is 0 Å². The Hall–Kier alpha value is 0.339. The monoisotopic (exact) mass is 362 g/mol. The molecular formula is C16H34OSn. The third kappa shape index (κ3) is 8.44. The SMILES string of the molecule is CCC[CH2][Sn]([CH2]C=COC)([CH2]CCC)[CH2]CCC. The molecular weight excluding hydrogens is 327 g/mol. The number of ether oxygens (including phenoxy) is 1. The average Bonchev–Trinajstić information content (AvgIpc) is 2.40. The van der Waals surface area contributed by atoms with Gasteiger partial charge in [0.2, 0.25) is 0 Å². The van der Waals surface area contributed by atoms with E-state index in [9.17, 15) is 0 Å². The first-order chi connectivity index (χ1) is 8.74. The minimum atomic E-state index is -1.88. The fourth-order valence-corrected chi connectivity index (χ4v) is 17.8. The third-order valence-electron chi connectivity index (χ3n) is 3.97. The number of hydrogen-bond donors (Lipinski definition) is 0. The molecule has 0 N–H and O–H groups in total. The topological polar surface area (TPSA) is 9.23 Å². The zero-order valence-corrected chi connectivity index (χ0v) is 16.0. The molecule has 0 bridgehead atoms. The van der Waals surface area contributed by atoms with E-state index in [2.05, 4.69) is 26.8 Å². The number of methoxy groups -OCH3 is 1. The molecule has 0 aromatic heterocycles. The van der Waals surface area contributed by atoms with Crippen molar-refractivity contribution >= 4 is 18.4 Å². The van der Waals surface area contributed by atoms with Crippen LogP contribution >= 0.6 is 0 Å². The van der Waals surface area contributed by atoms with E-state index in [1.807, 2.05) is 6.26 Å². The molecule has 0 aromatic rings. The van der Waals surface area contributed by atoms with Gasteiger partial charge in [-0.2, -0.15) is 0 Å². The third-order valence-corrected chi connectivity index (χ3v) is 19.2. The van der Waals surface area contributed by atoms with E-state index < -0.39 is 18.4 Å². The first kappa shape index (κ1) is 18.3. The van der Waals surface area contributed by atoms with E-state index in [0.29, 0.717) is 0 Å². The Morgan fingerprint density at radius 1 is 0.833 bits per heavy atom. The van der Waals surface area contributed by atoms with E-state index in [-0.39, 0.29) is 0 Å². The summed E-state index contributed by atoms with van der Waals surface area (Å²) >= 11 is -1.88. The molecule has 0 saturated heterocycles. The molecule has 0 saturated carbocycles. The molecule has 0 fully saturated rings. The molecule has 0 unspecified atom stereocenters. The number of hydrogen-bond acceptors (Lipinski definition) is 1. The van der Waals surface area contributed by atoms with Crippen LogP contribution in [0, 0.1) is 0 Å². The van der Waals surface area contributed by atoms with Gasteiger partial charge in [-0.3, -0.25) is 0 Å². The van der Waals surface area contributed by atoms with E-state index in [1.165, 1.54) is 43.0 Å². The summed E-state index contributed by atoms with van der Waals surface area (Å²) in [6.45, 7) is 7.00. The molecule has 0 amide bonds. The van der Waals surface area contributed by atoms with Crippen molar-refractivity contribution in [3.05, 3.63) is 12.3 Å². The first-order valence-corrected chi connectivity index (χ1v) is 16.0. The Kier molecular flexibility index (Phi) is 12.6. The predicted molar refractivity (Wildman–Crippen MR) is 85.9 cm³/mol. The molecule has 0 heterocycles. The van der Waals surface area contributed by atoms with Crippen molar-refractivity contribution < 1.29 is 4.74 Å². The number of unbranched alkanes of at least 4 members (excludes halogenated alkanes) is 3. The molecule has 18 heavy (non-hydrogen) atoms. The second kappa shape index (κ2) is 12.4. The molecule has 0 radical (unpaired) electrons. The molecule has 1 nitrogen and oxygen atoms in total. The van der Waals surface area contributed by atoms with Gasteiger partial charge in [-0.1, -0.05) is 0 Å². The molecule has 0 aliphatic carbocycles. The van der Waals surface area contributed by atoms with Crippen LogP contribution in [-0.2, 0) is 4.74 Å². The van der Waals surface area contributed by atoms with Crippen molar-refractivity contribution in [1.29, 1.82) is 0 Å². The molecule has 108 valence electrons. The van der Waals surface area contributed by atoms with Crippen LogP contribution in [0.5, 0.6) is 0 Å². The van der Waals surface area contributed by atoms with Crippen LogP contribution in [0.1, 0.15) is 59.3 Å². The van der Waals surface area contributed by atoms with Gasteiger partial charge in [0.25, 0.3) is 0 Å².